The summed E-state index contributed by atoms with van der Waals surface area (Å²) in [5, 5.41) is 19.1. The summed E-state index contributed by atoms with van der Waals surface area (Å²) in [4.78, 5) is 16.3. The topological polar surface area (TPSA) is 86.0 Å². The van der Waals surface area contributed by atoms with E-state index in [1.807, 2.05) is 25.7 Å². The molecule has 1 aromatic carbocycles. The number of hydrogen-bond donors (Lipinski definition) is 1. The van der Waals surface area contributed by atoms with Crippen LogP contribution in [0.2, 0.25) is 0 Å². The smallest absolute Gasteiger partial charge is 0.410 e. The van der Waals surface area contributed by atoms with Gasteiger partial charge >= 0.3 is 6.09 Å². The summed E-state index contributed by atoms with van der Waals surface area (Å²) in [6, 6.07) is 8.92. The number of amides is 1. The Kier molecular flexibility index (Phi) is 6.11. The predicted octanol–water partition coefficient (Wildman–Crippen LogP) is 2.10. The summed E-state index contributed by atoms with van der Waals surface area (Å²) in [6.07, 6.45) is -0.819. The van der Waals surface area contributed by atoms with Crippen molar-refractivity contribution >= 4 is 6.09 Å². The van der Waals surface area contributed by atoms with E-state index in [0.717, 1.165) is 13.1 Å². The van der Waals surface area contributed by atoms with Crippen LogP contribution in [-0.2, 0) is 4.74 Å². The van der Waals surface area contributed by atoms with Crippen LogP contribution in [0.5, 0.6) is 5.75 Å². The molecule has 3 rings (SSSR count). The largest absolute Gasteiger partial charge is 0.491 e. The molecule has 0 bridgehead atoms. The molecule has 2 fully saturated rings. The van der Waals surface area contributed by atoms with Gasteiger partial charge in [0.2, 0.25) is 0 Å². The number of rotatable bonds is 5. The number of β-amino-alcohol motifs (C(OH)–C–C–N with tert-alkyl or cyclic N) is 1. The lowest BCUT2D eigenvalue weighted by molar-refractivity contribution is 0.0265. The van der Waals surface area contributed by atoms with E-state index in [1.54, 1.807) is 24.3 Å². The summed E-state index contributed by atoms with van der Waals surface area (Å²) in [5.74, 6) is 1.50. The highest BCUT2D eigenvalue weighted by molar-refractivity contribution is 5.68. The van der Waals surface area contributed by atoms with Crippen LogP contribution in [0.4, 0.5) is 4.79 Å². The molecule has 2 unspecified atom stereocenters. The Balaban J connectivity index is 1.40. The molecule has 0 aliphatic carbocycles. The molecule has 7 heteroatoms. The zero-order valence-corrected chi connectivity index (χ0v) is 16.8. The monoisotopic (exact) mass is 387 g/mol. The fraction of sp³-hybridized carbons (Fsp3) is 0.619. The van der Waals surface area contributed by atoms with E-state index in [1.165, 1.54) is 0 Å². The molecule has 2 aliphatic heterocycles. The van der Waals surface area contributed by atoms with Crippen molar-refractivity contribution in [2.75, 3.05) is 39.3 Å². The van der Waals surface area contributed by atoms with Gasteiger partial charge in [0, 0.05) is 32.7 Å². The van der Waals surface area contributed by atoms with Gasteiger partial charge in [-0.2, -0.15) is 5.26 Å². The first kappa shape index (κ1) is 20.4. The van der Waals surface area contributed by atoms with Crippen molar-refractivity contribution in [3.8, 4) is 11.8 Å². The maximum atomic E-state index is 12.2. The van der Waals surface area contributed by atoms with Crippen molar-refractivity contribution in [3.05, 3.63) is 29.8 Å². The third-order valence-electron chi connectivity index (χ3n) is 5.11. The summed E-state index contributed by atoms with van der Waals surface area (Å²) < 4.78 is 11.1. The number of nitrogens with zero attached hydrogens (tertiary/aromatic N) is 3. The van der Waals surface area contributed by atoms with Crippen LogP contribution < -0.4 is 4.74 Å². The number of aliphatic hydroxyl groups excluding tert-OH is 1. The minimum absolute atomic E-state index is 0.210. The van der Waals surface area contributed by atoms with Gasteiger partial charge in [0.25, 0.3) is 0 Å². The fourth-order valence-corrected chi connectivity index (χ4v) is 3.88. The van der Waals surface area contributed by atoms with Gasteiger partial charge in [-0.15, -0.1) is 0 Å². The molecule has 1 N–H and O–H groups in total. The van der Waals surface area contributed by atoms with Gasteiger partial charge in [-0.1, -0.05) is 0 Å². The van der Waals surface area contributed by atoms with E-state index in [2.05, 4.69) is 11.0 Å². The van der Waals surface area contributed by atoms with Crippen molar-refractivity contribution in [1.82, 2.24) is 9.80 Å². The number of nitriles is 1. The Labute approximate surface area is 166 Å². The standard InChI is InChI=1S/C21H29N3O4/c1-21(2,3)28-20(26)24-11-16-9-23(10-17(16)12-24)13-18(25)14-27-19-6-4-15(8-22)5-7-19/h4-7,16-18,25H,9-14H2,1-3H3/t16?,17?,18-/m0/s1. The average molecular weight is 387 g/mol. The van der Waals surface area contributed by atoms with E-state index in [9.17, 15) is 9.90 Å². The predicted molar refractivity (Wildman–Crippen MR) is 104 cm³/mol. The average Bonchev–Trinajstić information content (AvgIpc) is 3.17. The van der Waals surface area contributed by atoms with E-state index < -0.39 is 11.7 Å². The van der Waals surface area contributed by atoms with Crippen molar-refractivity contribution in [1.29, 1.82) is 5.26 Å². The third-order valence-corrected chi connectivity index (χ3v) is 5.11. The van der Waals surface area contributed by atoms with Gasteiger partial charge in [-0.25, -0.2) is 4.79 Å². The molecule has 1 aromatic rings. The van der Waals surface area contributed by atoms with Gasteiger partial charge < -0.3 is 19.5 Å². The van der Waals surface area contributed by atoms with Crippen LogP contribution in [0.1, 0.15) is 26.3 Å². The Morgan fingerprint density at radius 3 is 2.36 bits per heavy atom. The minimum atomic E-state index is -0.587. The molecule has 7 nitrogen and oxygen atoms in total. The van der Waals surface area contributed by atoms with Crippen molar-refractivity contribution in [3.63, 3.8) is 0 Å². The highest BCUT2D eigenvalue weighted by atomic mass is 16.6. The minimum Gasteiger partial charge on any atom is -0.491 e. The van der Waals surface area contributed by atoms with E-state index in [0.29, 0.717) is 42.8 Å². The van der Waals surface area contributed by atoms with Gasteiger partial charge in [0.15, 0.2) is 0 Å². The maximum absolute atomic E-state index is 12.2. The van der Waals surface area contributed by atoms with Gasteiger partial charge in [0.1, 0.15) is 24.1 Å². The number of fused-ring (bicyclic) bond motifs is 1. The molecule has 1 amide bonds. The van der Waals surface area contributed by atoms with Crippen LogP contribution in [0.15, 0.2) is 24.3 Å². The number of hydrogen-bond acceptors (Lipinski definition) is 6. The molecular weight excluding hydrogens is 358 g/mol. The van der Waals surface area contributed by atoms with Crippen molar-refractivity contribution < 1.29 is 19.4 Å². The lowest BCUT2D eigenvalue weighted by Crippen LogP contribution is -2.39. The lowest BCUT2D eigenvalue weighted by Gasteiger charge is -2.26. The number of benzene rings is 1. The van der Waals surface area contributed by atoms with Crippen LogP contribution in [0.25, 0.3) is 0 Å². The first-order valence-corrected chi connectivity index (χ1v) is 9.75. The van der Waals surface area contributed by atoms with Crippen molar-refractivity contribution in [2.24, 2.45) is 11.8 Å². The number of carbonyl (C=O) groups excluding carboxylic acids is 1. The van der Waals surface area contributed by atoms with Crippen LogP contribution in [0.3, 0.4) is 0 Å². The molecular formula is C21H29N3O4. The van der Waals surface area contributed by atoms with E-state index in [-0.39, 0.29) is 12.7 Å². The maximum Gasteiger partial charge on any atom is 0.410 e. The lowest BCUT2D eigenvalue weighted by atomic mass is 10.0. The van der Waals surface area contributed by atoms with E-state index in [4.69, 9.17) is 14.7 Å². The van der Waals surface area contributed by atoms with E-state index >= 15 is 0 Å². The second kappa shape index (κ2) is 8.38. The van der Waals surface area contributed by atoms with Crippen molar-refractivity contribution in [2.45, 2.75) is 32.5 Å². The number of ether oxygens (including phenoxy) is 2. The van der Waals surface area contributed by atoms with Gasteiger partial charge in [-0.05, 0) is 56.9 Å². The summed E-state index contributed by atoms with van der Waals surface area (Å²) in [6.45, 7) is 9.58. The normalized spacial score (nSPS) is 23.2. The molecule has 2 saturated heterocycles. The number of likely N-dealkylation sites (tertiary alicyclic amines) is 2. The first-order chi connectivity index (χ1) is 13.2. The van der Waals surface area contributed by atoms with Crippen LogP contribution in [0, 0.1) is 23.2 Å². The molecule has 0 aromatic heterocycles. The molecule has 2 aliphatic rings. The second-order valence-electron chi connectivity index (χ2n) is 8.73. The molecule has 0 saturated carbocycles. The molecule has 28 heavy (non-hydrogen) atoms. The number of carbonyl (C=O) groups is 1. The molecule has 0 spiro atoms. The number of aliphatic hydroxyl groups is 1. The SMILES string of the molecule is CC(C)(C)OC(=O)N1CC2CN(C[C@H](O)COc3ccc(C#N)cc3)CC2C1. The first-order valence-electron chi connectivity index (χ1n) is 9.75. The van der Waals surface area contributed by atoms with Crippen LogP contribution in [-0.4, -0.2) is 72.0 Å². The molecule has 2 heterocycles. The third kappa shape index (κ3) is 5.37. The highest BCUT2D eigenvalue weighted by Gasteiger charge is 2.42. The Morgan fingerprint density at radius 1 is 1.21 bits per heavy atom. The Morgan fingerprint density at radius 2 is 1.82 bits per heavy atom. The summed E-state index contributed by atoms with van der Waals surface area (Å²) >= 11 is 0. The fourth-order valence-electron chi connectivity index (χ4n) is 3.88. The quantitative estimate of drug-likeness (QED) is 0.833. The Hall–Kier alpha value is -2.30. The van der Waals surface area contributed by atoms with Gasteiger partial charge in [-0.3, -0.25) is 4.90 Å². The van der Waals surface area contributed by atoms with Crippen LogP contribution >= 0.6 is 0 Å². The summed E-state index contributed by atoms with van der Waals surface area (Å²) in [5.41, 5.74) is 0.108. The second-order valence-corrected chi connectivity index (χ2v) is 8.73. The highest BCUT2D eigenvalue weighted by Crippen LogP contribution is 2.32. The van der Waals surface area contributed by atoms with Gasteiger partial charge in [0.05, 0.1) is 11.6 Å². The zero-order valence-electron chi connectivity index (χ0n) is 16.8. The summed E-state index contributed by atoms with van der Waals surface area (Å²) in [7, 11) is 0. The Bertz CT molecular complexity index is 709. The molecule has 0 radical (unpaired) electrons. The molecule has 3 atom stereocenters. The zero-order chi connectivity index (χ0) is 20.3. The molecule has 152 valence electrons.